The summed E-state index contributed by atoms with van der Waals surface area (Å²) in [6.07, 6.45) is 1.42. The maximum absolute atomic E-state index is 13.9. The van der Waals surface area contributed by atoms with E-state index in [1.54, 1.807) is 12.1 Å². The monoisotopic (exact) mass is 265 g/mol. The fraction of sp³-hybridized carbons (Fsp3) is 0.231. The Hall–Kier alpha value is -1.68. The molecule has 1 N–H and O–H groups in total. The zero-order valence-electron chi connectivity index (χ0n) is 10.2. The van der Waals surface area contributed by atoms with Gasteiger partial charge in [0.05, 0.1) is 5.69 Å². The van der Waals surface area contributed by atoms with Crippen LogP contribution in [0.5, 0.6) is 0 Å². The van der Waals surface area contributed by atoms with Gasteiger partial charge in [-0.25, -0.2) is 14.4 Å². The van der Waals surface area contributed by atoms with Crippen LogP contribution in [0, 0.1) is 12.7 Å². The van der Waals surface area contributed by atoms with Crippen LogP contribution in [0.2, 0.25) is 5.02 Å². The van der Waals surface area contributed by atoms with Crippen molar-refractivity contribution in [2.45, 2.75) is 13.8 Å². The van der Waals surface area contributed by atoms with Gasteiger partial charge in [0.25, 0.3) is 0 Å². The molecule has 5 heteroatoms. The molecule has 0 fully saturated rings. The summed E-state index contributed by atoms with van der Waals surface area (Å²) in [6, 6.07) is 4.56. The summed E-state index contributed by atoms with van der Waals surface area (Å²) in [4.78, 5) is 8.28. The van der Waals surface area contributed by atoms with Crippen LogP contribution in [-0.4, -0.2) is 16.5 Å². The highest BCUT2D eigenvalue weighted by atomic mass is 35.5. The van der Waals surface area contributed by atoms with Crippen LogP contribution in [0.4, 0.5) is 10.2 Å². The first-order valence-electron chi connectivity index (χ1n) is 5.64. The van der Waals surface area contributed by atoms with E-state index in [1.807, 2.05) is 13.8 Å². The van der Waals surface area contributed by atoms with E-state index in [2.05, 4.69) is 15.3 Å². The molecule has 1 heterocycles. The van der Waals surface area contributed by atoms with E-state index in [0.717, 1.165) is 17.9 Å². The second kappa shape index (κ2) is 5.31. The predicted octanol–water partition coefficient (Wildman–Crippen LogP) is 3.68. The summed E-state index contributed by atoms with van der Waals surface area (Å²) in [7, 11) is 0. The highest BCUT2D eigenvalue weighted by Crippen LogP contribution is 2.28. The van der Waals surface area contributed by atoms with E-state index < -0.39 is 0 Å². The summed E-state index contributed by atoms with van der Waals surface area (Å²) in [5.41, 5.74) is 1.83. The van der Waals surface area contributed by atoms with Gasteiger partial charge in [-0.05, 0) is 32.0 Å². The van der Waals surface area contributed by atoms with Crippen molar-refractivity contribution in [2.75, 3.05) is 11.9 Å². The number of rotatable bonds is 3. The second-order valence-electron chi connectivity index (χ2n) is 3.85. The fourth-order valence-corrected chi connectivity index (χ4v) is 1.91. The molecule has 0 amide bonds. The van der Waals surface area contributed by atoms with Crippen LogP contribution in [0.25, 0.3) is 11.3 Å². The Morgan fingerprint density at radius 2 is 2.11 bits per heavy atom. The summed E-state index contributed by atoms with van der Waals surface area (Å²) < 4.78 is 13.9. The van der Waals surface area contributed by atoms with Crippen LogP contribution in [0.15, 0.2) is 24.5 Å². The van der Waals surface area contributed by atoms with Gasteiger partial charge in [0.1, 0.15) is 18.0 Å². The van der Waals surface area contributed by atoms with Crippen LogP contribution in [0.3, 0.4) is 0 Å². The Labute approximate surface area is 110 Å². The summed E-state index contributed by atoms with van der Waals surface area (Å²) in [5, 5.41) is 3.49. The molecule has 0 saturated carbocycles. The van der Waals surface area contributed by atoms with E-state index in [1.165, 1.54) is 12.4 Å². The molecule has 0 radical (unpaired) electrons. The smallest absolute Gasteiger partial charge is 0.134 e. The van der Waals surface area contributed by atoms with E-state index >= 15 is 0 Å². The van der Waals surface area contributed by atoms with Gasteiger partial charge in [-0.1, -0.05) is 11.6 Å². The molecule has 0 unspecified atom stereocenters. The molecular formula is C13H13ClFN3. The molecule has 0 aliphatic heterocycles. The third kappa shape index (κ3) is 2.43. The third-order valence-electron chi connectivity index (χ3n) is 2.61. The van der Waals surface area contributed by atoms with Crippen molar-refractivity contribution in [2.24, 2.45) is 0 Å². The van der Waals surface area contributed by atoms with E-state index in [9.17, 15) is 4.39 Å². The molecule has 2 aromatic rings. The van der Waals surface area contributed by atoms with E-state index in [0.29, 0.717) is 16.3 Å². The van der Waals surface area contributed by atoms with Crippen LogP contribution in [-0.2, 0) is 0 Å². The molecule has 0 spiro atoms. The maximum Gasteiger partial charge on any atom is 0.134 e. The first kappa shape index (κ1) is 12.8. The molecule has 0 bridgehead atoms. The zero-order valence-corrected chi connectivity index (χ0v) is 10.9. The number of hydrogen-bond donors (Lipinski definition) is 1. The van der Waals surface area contributed by atoms with Gasteiger partial charge in [-0.2, -0.15) is 0 Å². The van der Waals surface area contributed by atoms with Gasteiger partial charge in [-0.15, -0.1) is 0 Å². The van der Waals surface area contributed by atoms with Crippen LogP contribution < -0.4 is 5.32 Å². The van der Waals surface area contributed by atoms with Gasteiger partial charge in [0.2, 0.25) is 0 Å². The summed E-state index contributed by atoms with van der Waals surface area (Å²) in [6.45, 7) is 4.59. The van der Waals surface area contributed by atoms with Crippen molar-refractivity contribution < 1.29 is 4.39 Å². The number of aromatic nitrogens is 2. The van der Waals surface area contributed by atoms with Crippen molar-refractivity contribution in [1.82, 2.24) is 9.97 Å². The van der Waals surface area contributed by atoms with Crippen molar-refractivity contribution >= 4 is 17.4 Å². The lowest BCUT2D eigenvalue weighted by Gasteiger charge is -2.10. The summed E-state index contributed by atoms with van der Waals surface area (Å²) in [5.74, 6) is 0.337. The number of nitrogens with one attached hydrogen (secondary N) is 1. The molecule has 0 saturated heterocycles. The Bertz CT molecular complexity index is 572. The van der Waals surface area contributed by atoms with Crippen molar-refractivity contribution in [3.8, 4) is 11.3 Å². The van der Waals surface area contributed by atoms with Crippen molar-refractivity contribution in [3.63, 3.8) is 0 Å². The van der Waals surface area contributed by atoms with Crippen molar-refractivity contribution in [1.29, 1.82) is 0 Å². The van der Waals surface area contributed by atoms with Gasteiger partial charge < -0.3 is 5.32 Å². The Morgan fingerprint density at radius 3 is 2.78 bits per heavy atom. The number of nitrogens with zero attached hydrogens (tertiary/aromatic N) is 2. The minimum atomic E-state index is -0.383. The Kier molecular flexibility index (Phi) is 3.77. The van der Waals surface area contributed by atoms with Gasteiger partial charge in [-0.3, -0.25) is 0 Å². The first-order valence-corrected chi connectivity index (χ1v) is 6.02. The minimum Gasteiger partial charge on any atom is -0.370 e. The molecular weight excluding hydrogens is 253 g/mol. The molecule has 3 nitrogen and oxygen atoms in total. The van der Waals surface area contributed by atoms with Crippen LogP contribution in [0.1, 0.15) is 12.5 Å². The van der Waals surface area contributed by atoms with Gasteiger partial charge >= 0.3 is 0 Å². The topological polar surface area (TPSA) is 37.8 Å². The second-order valence-corrected chi connectivity index (χ2v) is 4.29. The fourth-order valence-electron chi connectivity index (χ4n) is 1.75. The molecule has 0 atom stereocenters. The lowest BCUT2D eigenvalue weighted by atomic mass is 10.1. The lowest BCUT2D eigenvalue weighted by molar-refractivity contribution is 0.630. The van der Waals surface area contributed by atoms with Gasteiger partial charge in [0, 0.05) is 22.7 Å². The molecule has 0 aliphatic rings. The molecule has 1 aromatic heterocycles. The Balaban J connectivity index is 2.53. The maximum atomic E-state index is 13.9. The van der Waals surface area contributed by atoms with E-state index in [4.69, 9.17) is 11.6 Å². The van der Waals surface area contributed by atoms with Crippen LogP contribution >= 0.6 is 11.6 Å². The van der Waals surface area contributed by atoms with Crippen molar-refractivity contribution in [3.05, 3.63) is 40.9 Å². The molecule has 18 heavy (non-hydrogen) atoms. The average Bonchev–Trinajstić information content (AvgIpc) is 2.33. The first-order chi connectivity index (χ1) is 8.63. The standard InChI is InChI=1S/C13H13ClFN3/c1-3-16-13-8(2)12(17-7-18-13)10-5-4-9(14)6-11(10)15/h4-7H,3H2,1-2H3,(H,16,17,18). The normalized spacial score (nSPS) is 10.4. The number of anilines is 1. The van der Waals surface area contributed by atoms with Gasteiger partial charge in [0.15, 0.2) is 0 Å². The molecule has 0 aliphatic carbocycles. The zero-order chi connectivity index (χ0) is 13.1. The summed E-state index contributed by atoms with van der Waals surface area (Å²) >= 11 is 5.74. The number of benzene rings is 1. The largest absolute Gasteiger partial charge is 0.370 e. The number of halogens is 2. The Morgan fingerprint density at radius 1 is 1.33 bits per heavy atom. The SMILES string of the molecule is CCNc1ncnc(-c2ccc(Cl)cc2F)c1C. The highest BCUT2D eigenvalue weighted by molar-refractivity contribution is 6.30. The molecule has 2 rings (SSSR count). The molecule has 1 aromatic carbocycles. The number of hydrogen-bond acceptors (Lipinski definition) is 3. The highest BCUT2D eigenvalue weighted by Gasteiger charge is 2.12. The lowest BCUT2D eigenvalue weighted by Crippen LogP contribution is -2.04. The quantitative estimate of drug-likeness (QED) is 0.920. The third-order valence-corrected chi connectivity index (χ3v) is 2.85. The van der Waals surface area contributed by atoms with E-state index in [-0.39, 0.29) is 5.82 Å². The minimum absolute atomic E-state index is 0.370. The predicted molar refractivity (Wildman–Crippen MR) is 71.3 cm³/mol. The average molecular weight is 266 g/mol. The molecule has 94 valence electrons.